The van der Waals surface area contributed by atoms with Gasteiger partial charge in [0.25, 0.3) is 0 Å². The zero-order valence-electron chi connectivity index (χ0n) is 31.5. The quantitative estimate of drug-likeness (QED) is 0.0392. The summed E-state index contributed by atoms with van der Waals surface area (Å²) in [6.07, 6.45) is 24.2. The van der Waals surface area contributed by atoms with Crippen LogP contribution in [0.3, 0.4) is 0 Å². The highest BCUT2D eigenvalue weighted by Crippen LogP contribution is 2.25. The van der Waals surface area contributed by atoms with Crippen LogP contribution < -0.4 is 0 Å². The van der Waals surface area contributed by atoms with Crippen molar-refractivity contribution in [2.75, 3.05) is 19.8 Å². The fourth-order valence-electron chi connectivity index (χ4n) is 6.68. The number of aliphatic hydroxyl groups is 4. The topological polar surface area (TPSA) is 126 Å². The van der Waals surface area contributed by atoms with E-state index < -0.39 is 36.6 Å². The molecule has 0 bridgehead atoms. The van der Waals surface area contributed by atoms with Crippen LogP contribution in [0.4, 0.5) is 0 Å². The monoisotopic (exact) mass is 687 g/mol. The number of ether oxygens (including phenoxy) is 3. The summed E-state index contributed by atoms with van der Waals surface area (Å²) in [5.74, 6) is 0.245. The number of carbonyl (C=O) groups is 1. The molecule has 0 radical (unpaired) electrons. The predicted molar refractivity (Wildman–Crippen MR) is 195 cm³/mol. The number of rotatable bonds is 34. The third-order valence-corrected chi connectivity index (χ3v) is 10.1. The van der Waals surface area contributed by atoms with Gasteiger partial charge in [-0.25, -0.2) is 0 Å². The van der Waals surface area contributed by atoms with Gasteiger partial charge in [0.2, 0.25) is 0 Å². The van der Waals surface area contributed by atoms with Gasteiger partial charge in [-0.3, -0.25) is 4.79 Å². The van der Waals surface area contributed by atoms with Gasteiger partial charge in [0.05, 0.1) is 13.2 Å². The first kappa shape index (κ1) is 45.3. The maximum atomic E-state index is 12.7. The lowest BCUT2D eigenvalue weighted by Crippen LogP contribution is -2.39. The Morgan fingerprint density at radius 2 is 0.958 bits per heavy atom. The molecule has 8 heteroatoms. The van der Waals surface area contributed by atoms with Crippen LogP contribution in [0, 0.1) is 5.92 Å². The normalized spacial score (nSPS) is 21.1. The average Bonchev–Trinajstić information content (AvgIpc) is 3.26. The van der Waals surface area contributed by atoms with Gasteiger partial charge in [0, 0.05) is 13.0 Å². The second-order valence-electron chi connectivity index (χ2n) is 14.8. The first-order valence-electron chi connectivity index (χ1n) is 20.4. The summed E-state index contributed by atoms with van der Waals surface area (Å²) in [5, 5.41) is 40.2. The molecule has 0 aliphatic heterocycles. The number of hydrogen-bond acceptors (Lipinski definition) is 8. The molecule has 6 atom stereocenters. The van der Waals surface area contributed by atoms with Crippen molar-refractivity contribution >= 4 is 5.97 Å². The Labute approximate surface area is 295 Å². The largest absolute Gasteiger partial charge is 0.457 e. The van der Waals surface area contributed by atoms with Crippen LogP contribution in [-0.2, 0) is 19.0 Å². The Kier molecular flexibility index (Phi) is 29.2. The van der Waals surface area contributed by atoms with Crippen LogP contribution in [0.1, 0.15) is 188 Å². The minimum absolute atomic E-state index is 0.100. The average molecular weight is 687 g/mol. The molecular formula is C40H78O8. The number of carbonyl (C=O) groups excluding carboxylic acids is 1. The molecule has 1 fully saturated rings. The molecular weight excluding hydrogens is 608 g/mol. The molecule has 1 saturated carbocycles. The van der Waals surface area contributed by atoms with Crippen molar-refractivity contribution < 1.29 is 39.4 Å². The van der Waals surface area contributed by atoms with Crippen molar-refractivity contribution in [3.63, 3.8) is 0 Å². The number of unbranched alkanes of at least 4 members (excludes halogenated alkanes) is 21. The van der Waals surface area contributed by atoms with Crippen LogP contribution in [0.2, 0.25) is 0 Å². The van der Waals surface area contributed by atoms with Crippen LogP contribution in [0.5, 0.6) is 0 Å². The molecule has 0 heterocycles. The summed E-state index contributed by atoms with van der Waals surface area (Å²) in [6.45, 7) is 7.38. The van der Waals surface area contributed by atoms with E-state index in [1.165, 1.54) is 135 Å². The molecule has 48 heavy (non-hydrogen) atoms. The molecule has 0 aromatic heterocycles. The molecule has 286 valence electrons. The molecule has 1 aliphatic rings. The molecule has 1 unspecified atom stereocenters. The van der Waals surface area contributed by atoms with E-state index in [9.17, 15) is 25.2 Å². The van der Waals surface area contributed by atoms with Gasteiger partial charge < -0.3 is 34.6 Å². The van der Waals surface area contributed by atoms with E-state index in [-0.39, 0.29) is 19.2 Å². The zero-order chi connectivity index (χ0) is 35.2. The fraction of sp³-hybridized carbons (Fsp3) is 0.975. The molecule has 0 aromatic carbocycles. The Hall–Kier alpha value is -0.770. The van der Waals surface area contributed by atoms with Crippen molar-refractivity contribution in [2.45, 2.75) is 224 Å². The number of aliphatic hydroxyl groups excluding tert-OH is 4. The lowest BCUT2D eigenvalue weighted by molar-refractivity contribution is -0.163. The molecule has 0 amide bonds. The highest BCUT2D eigenvalue weighted by Gasteiger charge is 2.49. The Morgan fingerprint density at radius 3 is 1.42 bits per heavy atom. The zero-order valence-corrected chi connectivity index (χ0v) is 31.5. The Balaban J connectivity index is 2.28. The van der Waals surface area contributed by atoms with Gasteiger partial charge in [-0.1, -0.05) is 168 Å². The summed E-state index contributed by atoms with van der Waals surface area (Å²) in [4.78, 5) is 12.7. The lowest BCUT2D eigenvalue weighted by Gasteiger charge is -2.24. The SMILES string of the molecule is CCCCCCCCCCCCCCC(=O)O[C@@H](COCCC(C)CCCCCCCCCCCCC)COC1[C@@H](O)[C@H](O)[C@@H](O)[C@@H]1O. The highest BCUT2D eigenvalue weighted by molar-refractivity contribution is 5.69. The third-order valence-electron chi connectivity index (χ3n) is 10.1. The second-order valence-corrected chi connectivity index (χ2v) is 14.8. The summed E-state index contributed by atoms with van der Waals surface area (Å²) < 4.78 is 17.3. The van der Waals surface area contributed by atoms with E-state index >= 15 is 0 Å². The van der Waals surface area contributed by atoms with E-state index in [4.69, 9.17) is 14.2 Å². The van der Waals surface area contributed by atoms with Crippen molar-refractivity contribution in [2.24, 2.45) is 5.92 Å². The van der Waals surface area contributed by atoms with Gasteiger partial charge in [0.1, 0.15) is 36.6 Å². The van der Waals surface area contributed by atoms with Crippen LogP contribution in [0.15, 0.2) is 0 Å². The molecule has 1 rings (SSSR count). The second kappa shape index (κ2) is 31.0. The van der Waals surface area contributed by atoms with E-state index in [1.54, 1.807) is 0 Å². The van der Waals surface area contributed by atoms with E-state index in [2.05, 4.69) is 20.8 Å². The van der Waals surface area contributed by atoms with Gasteiger partial charge in [-0.15, -0.1) is 0 Å². The molecule has 8 nitrogen and oxygen atoms in total. The first-order valence-corrected chi connectivity index (χ1v) is 20.4. The molecule has 1 aliphatic carbocycles. The molecule has 0 aromatic rings. The van der Waals surface area contributed by atoms with Crippen molar-refractivity contribution in [3.8, 4) is 0 Å². The first-order chi connectivity index (χ1) is 23.3. The predicted octanol–water partition coefficient (Wildman–Crippen LogP) is 8.58. The fourth-order valence-corrected chi connectivity index (χ4v) is 6.68. The van der Waals surface area contributed by atoms with Gasteiger partial charge in [-0.2, -0.15) is 0 Å². The highest BCUT2D eigenvalue weighted by atomic mass is 16.6. The summed E-state index contributed by atoms with van der Waals surface area (Å²) in [5.41, 5.74) is 0. The number of hydrogen-bond donors (Lipinski definition) is 4. The molecule has 4 N–H and O–H groups in total. The summed E-state index contributed by atoms with van der Waals surface area (Å²) in [6, 6.07) is 0. The lowest BCUT2D eigenvalue weighted by atomic mass is 9.99. The van der Waals surface area contributed by atoms with Crippen molar-refractivity contribution in [3.05, 3.63) is 0 Å². The summed E-state index contributed by atoms with van der Waals surface area (Å²) in [7, 11) is 0. The van der Waals surface area contributed by atoms with E-state index in [0.29, 0.717) is 18.9 Å². The Bertz CT molecular complexity index is 707. The Morgan fingerprint density at radius 1 is 0.542 bits per heavy atom. The van der Waals surface area contributed by atoms with Crippen LogP contribution in [0.25, 0.3) is 0 Å². The molecule has 0 saturated heterocycles. The minimum Gasteiger partial charge on any atom is -0.457 e. The maximum Gasteiger partial charge on any atom is 0.306 e. The molecule has 0 spiro atoms. The summed E-state index contributed by atoms with van der Waals surface area (Å²) >= 11 is 0. The van der Waals surface area contributed by atoms with Gasteiger partial charge >= 0.3 is 5.97 Å². The smallest absolute Gasteiger partial charge is 0.306 e. The van der Waals surface area contributed by atoms with Gasteiger partial charge in [-0.05, 0) is 18.8 Å². The van der Waals surface area contributed by atoms with Crippen LogP contribution in [-0.4, -0.2) is 82.8 Å². The third kappa shape index (κ3) is 22.8. The number of esters is 1. The standard InChI is InChI=1S/C40H78O8/c1-4-6-8-10-12-14-16-18-20-22-24-26-28-35(41)48-34(32-47-40-38(44)36(42)37(43)39(40)45)31-46-30-29-33(3)27-25-23-21-19-17-15-13-11-9-7-5-2/h33-34,36-40,42-45H,4-32H2,1-3H3/t33?,34-,36+,37+,38-,39-/m0/s1. The minimum atomic E-state index is -1.49. The van der Waals surface area contributed by atoms with Crippen molar-refractivity contribution in [1.29, 1.82) is 0 Å². The van der Waals surface area contributed by atoms with E-state index in [1.807, 2.05) is 0 Å². The van der Waals surface area contributed by atoms with Crippen LogP contribution >= 0.6 is 0 Å². The van der Waals surface area contributed by atoms with Crippen molar-refractivity contribution in [1.82, 2.24) is 0 Å². The van der Waals surface area contributed by atoms with Gasteiger partial charge in [0.15, 0.2) is 0 Å². The maximum absolute atomic E-state index is 12.7. The van der Waals surface area contributed by atoms with E-state index in [0.717, 1.165) is 25.7 Å².